The summed E-state index contributed by atoms with van der Waals surface area (Å²) in [6.45, 7) is 2.01. The van der Waals surface area contributed by atoms with Gasteiger partial charge in [-0.15, -0.1) is 0 Å². The van der Waals surface area contributed by atoms with E-state index in [0.29, 0.717) is 18.8 Å². The molecule has 2 rings (SSSR count). The third kappa shape index (κ3) is 4.22. The first-order valence-electron chi connectivity index (χ1n) is 8.09. The maximum atomic E-state index is 12.2. The number of amides is 1. The molecule has 20 heavy (non-hydrogen) atoms. The van der Waals surface area contributed by atoms with Gasteiger partial charge in [0.2, 0.25) is 5.91 Å². The van der Waals surface area contributed by atoms with Crippen molar-refractivity contribution in [1.82, 2.24) is 5.32 Å². The lowest BCUT2D eigenvalue weighted by Gasteiger charge is -2.25. The van der Waals surface area contributed by atoms with Crippen LogP contribution in [-0.2, 0) is 9.59 Å². The Morgan fingerprint density at radius 2 is 1.85 bits per heavy atom. The molecular weight excluding hydrogens is 254 g/mol. The summed E-state index contributed by atoms with van der Waals surface area (Å²) in [6, 6.07) is 0.0670. The van der Waals surface area contributed by atoms with Gasteiger partial charge in [0, 0.05) is 12.0 Å². The summed E-state index contributed by atoms with van der Waals surface area (Å²) >= 11 is 0. The Kier molecular flexibility index (Phi) is 5.44. The molecule has 0 heterocycles. The first-order valence-corrected chi connectivity index (χ1v) is 8.09. The van der Waals surface area contributed by atoms with Crippen LogP contribution < -0.4 is 5.32 Å². The van der Waals surface area contributed by atoms with Crippen molar-refractivity contribution in [3.8, 4) is 0 Å². The van der Waals surface area contributed by atoms with E-state index in [1.165, 1.54) is 32.1 Å². The molecule has 2 fully saturated rings. The van der Waals surface area contributed by atoms with E-state index in [4.69, 9.17) is 5.11 Å². The molecule has 114 valence electrons. The third-order valence-corrected chi connectivity index (χ3v) is 4.99. The Morgan fingerprint density at radius 3 is 2.45 bits per heavy atom. The van der Waals surface area contributed by atoms with Crippen LogP contribution in [0.15, 0.2) is 0 Å². The molecule has 2 saturated carbocycles. The van der Waals surface area contributed by atoms with E-state index in [2.05, 4.69) is 5.32 Å². The van der Waals surface area contributed by atoms with Gasteiger partial charge in [0.05, 0.1) is 5.92 Å². The predicted octanol–water partition coefficient (Wildman–Crippen LogP) is 2.96. The van der Waals surface area contributed by atoms with Gasteiger partial charge in [-0.1, -0.05) is 39.0 Å². The Labute approximate surface area is 121 Å². The number of hydrogen-bond acceptors (Lipinski definition) is 2. The fraction of sp³-hybridized carbons (Fsp3) is 0.875. The summed E-state index contributed by atoms with van der Waals surface area (Å²) in [5.74, 6) is -0.112. The zero-order valence-electron chi connectivity index (χ0n) is 12.4. The summed E-state index contributed by atoms with van der Waals surface area (Å²) in [4.78, 5) is 23.1. The largest absolute Gasteiger partial charge is 0.481 e. The molecule has 4 heteroatoms. The highest BCUT2D eigenvalue weighted by Crippen LogP contribution is 2.30. The van der Waals surface area contributed by atoms with E-state index < -0.39 is 5.97 Å². The molecule has 0 aliphatic heterocycles. The van der Waals surface area contributed by atoms with Crippen molar-refractivity contribution in [1.29, 1.82) is 0 Å². The van der Waals surface area contributed by atoms with Crippen LogP contribution in [0.25, 0.3) is 0 Å². The quantitative estimate of drug-likeness (QED) is 0.814. The zero-order valence-corrected chi connectivity index (χ0v) is 12.4. The van der Waals surface area contributed by atoms with Gasteiger partial charge in [0.15, 0.2) is 0 Å². The highest BCUT2D eigenvalue weighted by molar-refractivity contribution is 5.79. The summed E-state index contributed by atoms with van der Waals surface area (Å²) in [5, 5.41) is 12.0. The van der Waals surface area contributed by atoms with E-state index in [9.17, 15) is 9.59 Å². The summed E-state index contributed by atoms with van der Waals surface area (Å²) in [6.07, 6.45) is 9.57. The third-order valence-electron chi connectivity index (χ3n) is 4.99. The second-order valence-corrected chi connectivity index (χ2v) is 6.69. The number of carbonyl (C=O) groups excluding carboxylic acids is 1. The maximum Gasteiger partial charge on any atom is 0.306 e. The summed E-state index contributed by atoms with van der Waals surface area (Å²) in [5.41, 5.74) is 0. The minimum absolute atomic E-state index is 0.0574. The lowest BCUT2D eigenvalue weighted by molar-refractivity contribution is -0.141. The van der Waals surface area contributed by atoms with E-state index in [-0.39, 0.29) is 23.8 Å². The van der Waals surface area contributed by atoms with Crippen LogP contribution in [0.1, 0.15) is 64.7 Å². The number of hydrogen-bond donors (Lipinski definition) is 2. The Bertz CT molecular complexity index is 350. The van der Waals surface area contributed by atoms with Crippen LogP contribution in [0.5, 0.6) is 0 Å². The number of aliphatic carboxylic acids is 1. The van der Waals surface area contributed by atoms with E-state index in [1.807, 2.05) is 6.92 Å². The van der Waals surface area contributed by atoms with Crippen LogP contribution in [-0.4, -0.2) is 23.0 Å². The number of carboxylic acids is 1. The lowest BCUT2D eigenvalue weighted by atomic mass is 9.83. The zero-order chi connectivity index (χ0) is 14.5. The van der Waals surface area contributed by atoms with Gasteiger partial charge in [0.25, 0.3) is 0 Å². The SMILES string of the molecule is CC(CC1CCCCC1)C(=O)N[C@H]1CC[C@@H](C(=O)O)C1. The molecule has 0 aromatic carbocycles. The number of carboxylic acid groups (broad SMARTS) is 1. The van der Waals surface area contributed by atoms with Gasteiger partial charge < -0.3 is 10.4 Å². The minimum atomic E-state index is -0.725. The smallest absolute Gasteiger partial charge is 0.306 e. The first kappa shape index (κ1) is 15.3. The van der Waals surface area contributed by atoms with Crippen LogP contribution in [0.4, 0.5) is 0 Å². The van der Waals surface area contributed by atoms with Crippen molar-refractivity contribution in [2.24, 2.45) is 17.8 Å². The number of rotatable bonds is 5. The molecule has 1 amide bonds. The van der Waals surface area contributed by atoms with Crippen molar-refractivity contribution in [3.63, 3.8) is 0 Å². The highest BCUT2D eigenvalue weighted by Gasteiger charge is 2.31. The average molecular weight is 281 g/mol. The van der Waals surface area contributed by atoms with Crippen molar-refractivity contribution >= 4 is 11.9 Å². The van der Waals surface area contributed by atoms with E-state index in [1.54, 1.807) is 0 Å². The molecule has 1 unspecified atom stereocenters. The molecule has 0 aromatic rings. The average Bonchev–Trinajstić information content (AvgIpc) is 2.88. The number of nitrogens with one attached hydrogen (secondary N) is 1. The lowest BCUT2D eigenvalue weighted by Crippen LogP contribution is -2.37. The van der Waals surface area contributed by atoms with E-state index in [0.717, 1.165) is 12.8 Å². The van der Waals surface area contributed by atoms with Crippen molar-refractivity contribution < 1.29 is 14.7 Å². The van der Waals surface area contributed by atoms with Gasteiger partial charge in [-0.05, 0) is 31.6 Å². The van der Waals surface area contributed by atoms with Gasteiger partial charge in [-0.2, -0.15) is 0 Å². The van der Waals surface area contributed by atoms with Gasteiger partial charge in [0.1, 0.15) is 0 Å². The highest BCUT2D eigenvalue weighted by atomic mass is 16.4. The molecule has 0 saturated heterocycles. The molecule has 2 N–H and O–H groups in total. The Morgan fingerprint density at radius 1 is 1.15 bits per heavy atom. The van der Waals surface area contributed by atoms with Crippen LogP contribution in [0.3, 0.4) is 0 Å². The normalized spacial score (nSPS) is 29.1. The second-order valence-electron chi connectivity index (χ2n) is 6.69. The monoisotopic (exact) mass is 281 g/mol. The van der Waals surface area contributed by atoms with Gasteiger partial charge in [-0.3, -0.25) is 9.59 Å². The molecule has 0 spiro atoms. The molecule has 3 atom stereocenters. The summed E-state index contributed by atoms with van der Waals surface area (Å²) in [7, 11) is 0. The Hall–Kier alpha value is -1.06. The molecular formula is C16H27NO3. The fourth-order valence-corrected chi connectivity index (χ4v) is 3.71. The summed E-state index contributed by atoms with van der Waals surface area (Å²) < 4.78 is 0. The predicted molar refractivity (Wildman–Crippen MR) is 77.3 cm³/mol. The second kappa shape index (κ2) is 7.09. The van der Waals surface area contributed by atoms with Crippen LogP contribution in [0.2, 0.25) is 0 Å². The molecule has 0 radical (unpaired) electrons. The standard InChI is InChI=1S/C16H27NO3/c1-11(9-12-5-3-2-4-6-12)15(18)17-14-8-7-13(10-14)16(19)20/h11-14H,2-10H2,1H3,(H,17,18)(H,19,20)/t11?,13-,14+/m1/s1. The van der Waals surface area contributed by atoms with Crippen molar-refractivity contribution in [2.45, 2.75) is 70.8 Å². The van der Waals surface area contributed by atoms with Crippen LogP contribution in [0, 0.1) is 17.8 Å². The maximum absolute atomic E-state index is 12.2. The molecule has 2 aliphatic rings. The molecule has 2 aliphatic carbocycles. The minimum Gasteiger partial charge on any atom is -0.481 e. The van der Waals surface area contributed by atoms with E-state index >= 15 is 0 Å². The van der Waals surface area contributed by atoms with Crippen molar-refractivity contribution in [2.75, 3.05) is 0 Å². The molecule has 4 nitrogen and oxygen atoms in total. The first-order chi connectivity index (χ1) is 9.56. The molecule has 0 aromatic heterocycles. The Balaban J connectivity index is 1.72. The van der Waals surface area contributed by atoms with Crippen LogP contribution >= 0.6 is 0 Å². The van der Waals surface area contributed by atoms with Gasteiger partial charge in [-0.25, -0.2) is 0 Å². The topological polar surface area (TPSA) is 66.4 Å². The van der Waals surface area contributed by atoms with Gasteiger partial charge >= 0.3 is 5.97 Å². The molecule has 0 bridgehead atoms. The van der Waals surface area contributed by atoms with Crippen molar-refractivity contribution in [3.05, 3.63) is 0 Å². The fourth-order valence-electron chi connectivity index (χ4n) is 3.71. The number of carbonyl (C=O) groups is 2.